The lowest BCUT2D eigenvalue weighted by Gasteiger charge is -2.11. The van der Waals surface area contributed by atoms with Gasteiger partial charge in [-0.3, -0.25) is 4.98 Å². The van der Waals surface area contributed by atoms with Gasteiger partial charge in [-0.05, 0) is 12.1 Å². The van der Waals surface area contributed by atoms with E-state index in [1.54, 1.807) is 6.20 Å². The van der Waals surface area contributed by atoms with Crippen molar-refractivity contribution in [1.82, 2.24) is 4.98 Å². The number of pyridine rings is 1. The molecular weight excluding hydrogens is 182 g/mol. The van der Waals surface area contributed by atoms with Gasteiger partial charge in [-0.1, -0.05) is 6.07 Å². The lowest BCUT2D eigenvalue weighted by Crippen LogP contribution is -2.24. The Morgan fingerprint density at radius 3 is 2.93 bits per heavy atom. The van der Waals surface area contributed by atoms with Gasteiger partial charge in [0.15, 0.2) is 0 Å². The van der Waals surface area contributed by atoms with Crippen LogP contribution in [0.25, 0.3) is 0 Å². The van der Waals surface area contributed by atoms with Crippen LogP contribution in [-0.4, -0.2) is 34.0 Å². The van der Waals surface area contributed by atoms with E-state index < -0.39 is 12.2 Å². The fourth-order valence-electron chi connectivity index (χ4n) is 1.65. The van der Waals surface area contributed by atoms with Gasteiger partial charge in [0.2, 0.25) is 0 Å². The van der Waals surface area contributed by atoms with E-state index in [1.807, 2.05) is 18.2 Å². The molecule has 1 aromatic rings. The van der Waals surface area contributed by atoms with E-state index in [2.05, 4.69) is 4.98 Å². The zero-order valence-corrected chi connectivity index (χ0v) is 7.71. The largest absolute Gasteiger partial charge is 0.394 e. The van der Waals surface area contributed by atoms with Crippen LogP contribution in [0.1, 0.15) is 18.2 Å². The minimum absolute atomic E-state index is 0.148. The van der Waals surface area contributed by atoms with Gasteiger partial charge in [0.1, 0.15) is 12.2 Å². The third-order valence-electron chi connectivity index (χ3n) is 2.42. The summed E-state index contributed by atoms with van der Waals surface area (Å²) >= 11 is 0. The number of aliphatic hydroxyl groups is 2. The maximum atomic E-state index is 9.51. The third-order valence-corrected chi connectivity index (χ3v) is 2.42. The molecule has 1 fully saturated rings. The Hall–Kier alpha value is -0.970. The van der Waals surface area contributed by atoms with Crippen molar-refractivity contribution in [2.45, 2.75) is 24.7 Å². The quantitative estimate of drug-likeness (QED) is 0.710. The molecule has 0 aromatic carbocycles. The van der Waals surface area contributed by atoms with Crippen molar-refractivity contribution in [3.63, 3.8) is 0 Å². The van der Waals surface area contributed by atoms with Crippen molar-refractivity contribution in [3.8, 4) is 0 Å². The molecule has 0 unspecified atom stereocenters. The van der Waals surface area contributed by atoms with Crippen LogP contribution in [0.3, 0.4) is 0 Å². The summed E-state index contributed by atoms with van der Waals surface area (Å²) in [5.41, 5.74) is 0.808. The van der Waals surface area contributed by atoms with Crippen LogP contribution in [0.2, 0.25) is 0 Å². The average Bonchev–Trinajstić information content (AvgIpc) is 2.61. The summed E-state index contributed by atoms with van der Waals surface area (Å²) in [6.45, 7) is -0.148. The Morgan fingerprint density at radius 1 is 1.50 bits per heavy atom. The Kier molecular flexibility index (Phi) is 2.77. The van der Waals surface area contributed by atoms with Crippen molar-refractivity contribution in [3.05, 3.63) is 30.1 Å². The average molecular weight is 195 g/mol. The lowest BCUT2D eigenvalue weighted by atomic mass is 10.1. The summed E-state index contributed by atoms with van der Waals surface area (Å²) in [6.07, 6.45) is 0.942. The molecule has 4 nitrogen and oxygen atoms in total. The number of aliphatic hydroxyl groups excluding tert-OH is 2. The molecule has 4 heteroatoms. The standard InChI is InChI=1S/C10H13NO3/c12-6-10-8(13)5-9(14-10)7-3-1-2-4-11-7/h1-4,8-10,12-13H,5-6H2/t8-,9+,10+/m1/s1. The van der Waals surface area contributed by atoms with Gasteiger partial charge in [-0.15, -0.1) is 0 Å². The van der Waals surface area contributed by atoms with Gasteiger partial charge < -0.3 is 14.9 Å². The van der Waals surface area contributed by atoms with E-state index in [9.17, 15) is 5.11 Å². The number of aromatic nitrogens is 1. The predicted octanol–water partition coefficient (Wildman–Crippen LogP) is 0.265. The Labute approximate surface area is 82.2 Å². The first kappa shape index (κ1) is 9.58. The van der Waals surface area contributed by atoms with Crippen LogP contribution < -0.4 is 0 Å². The number of rotatable bonds is 2. The van der Waals surface area contributed by atoms with Crippen molar-refractivity contribution in [2.75, 3.05) is 6.61 Å². The molecule has 0 radical (unpaired) electrons. The van der Waals surface area contributed by atoms with E-state index in [0.29, 0.717) is 6.42 Å². The number of nitrogens with zero attached hydrogens (tertiary/aromatic N) is 1. The molecule has 2 heterocycles. The molecule has 2 N–H and O–H groups in total. The smallest absolute Gasteiger partial charge is 0.107 e. The maximum Gasteiger partial charge on any atom is 0.107 e. The minimum Gasteiger partial charge on any atom is -0.394 e. The van der Waals surface area contributed by atoms with Crippen LogP contribution in [0.15, 0.2) is 24.4 Å². The van der Waals surface area contributed by atoms with Gasteiger partial charge in [0.05, 0.1) is 18.4 Å². The predicted molar refractivity (Wildman–Crippen MR) is 49.6 cm³/mol. The van der Waals surface area contributed by atoms with E-state index in [0.717, 1.165) is 5.69 Å². The second-order valence-corrected chi connectivity index (χ2v) is 3.40. The zero-order valence-electron chi connectivity index (χ0n) is 7.71. The molecule has 1 aromatic heterocycles. The first-order chi connectivity index (χ1) is 6.81. The minimum atomic E-state index is -0.591. The van der Waals surface area contributed by atoms with E-state index in [1.165, 1.54) is 0 Å². The van der Waals surface area contributed by atoms with Crippen LogP contribution >= 0.6 is 0 Å². The first-order valence-corrected chi connectivity index (χ1v) is 4.66. The highest BCUT2D eigenvalue weighted by molar-refractivity contribution is 5.09. The van der Waals surface area contributed by atoms with Crippen molar-refractivity contribution in [1.29, 1.82) is 0 Å². The molecule has 0 spiro atoms. The molecule has 2 rings (SSSR count). The fourth-order valence-corrected chi connectivity index (χ4v) is 1.65. The third kappa shape index (κ3) is 1.77. The summed E-state index contributed by atoms with van der Waals surface area (Å²) in [7, 11) is 0. The second kappa shape index (κ2) is 4.04. The SMILES string of the molecule is OC[C@@H]1O[C@H](c2ccccn2)C[C@H]1O. The molecule has 0 bridgehead atoms. The Morgan fingerprint density at radius 2 is 2.36 bits per heavy atom. The Balaban J connectivity index is 2.09. The lowest BCUT2D eigenvalue weighted by molar-refractivity contribution is -0.0235. The molecule has 1 saturated heterocycles. The van der Waals surface area contributed by atoms with Crippen molar-refractivity contribution < 1.29 is 14.9 Å². The normalized spacial score (nSPS) is 32.0. The van der Waals surface area contributed by atoms with Gasteiger partial charge in [-0.25, -0.2) is 0 Å². The molecule has 76 valence electrons. The molecule has 0 saturated carbocycles. The van der Waals surface area contributed by atoms with Gasteiger partial charge in [0.25, 0.3) is 0 Å². The Bertz CT molecular complexity index is 291. The van der Waals surface area contributed by atoms with Gasteiger partial charge >= 0.3 is 0 Å². The van der Waals surface area contributed by atoms with Crippen LogP contribution in [0.5, 0.6) is 0 Å². The summed E-state index contributed by atoms with van der Waals surface area (Å²) in [5.74, 6) is 0. The second-order valence-electron chi connectivity index (χ2n) is 3.40. The number of ether oxygens (including phenoxy) is 1. The molecule has 1 aliphatic heterocycles. The highest BCUT2D eigenvalue weighted by Crippen LogP contribution is 2.31. The van der Waals surface area contributed by atoms with Crippen LogP contribution in [0, 0.1) is 0 Å². The molecule has 1 aliphatic rings. The van der Waals surface area contributed by atoms with E-state index in [-0.39, 0.29) is 12.7 Å². The molecule has 3 atom stereocenters. The molecular formula is C10H13NO3. The van der Waals surface area contributed by atoms with Gasteiger partial charge in [-0.2, -0.15) is 0 Å². The highest BCUT2D eigenvalue weighted by atomic mass is 16.5. The van der Waals surface area contributed by atoms with E-state index >= 15 is 0 Å². The summed E-state index contributed by atoms with van der Waals surface area (Å²) in [6, 6.07) is 5.57. The summed E-state index contributed by atoms with van der Waals surface area (Å²) in [5, 5.41) is 18.4. The molecule has 0 aliphatic carbocycles. The van der Waals surface area contributed by atoms with E-state index in [4.69, 9.17) is 9.84 Å². The topological polar surface area (TPSA) is 62.6 Å². The van der Waals surface area contributed by atoms with Crippen LogP contribution in [0.4, 0.5) is 0 Å². The number of hydrogen-bond acceptors (Lipinski definition) is 4. The summed E-state index contributed by atoms with van der Waals surface area (Å²) < 4.78 is 5.45. The zero-order chi connectivity index (χ0) is 9.97. The monoisotopic (exact) mass is 195 g/mol. The maximum absolute atomic E-state index is 9.51. The number of hydrogen-bond donors (Lipinski definition) is 2. The molecule has 0 amide bonds. The van der Waals surface area contributed by atoms with Crippen LogP contribution in [-0.2, 0) is 4.74 Å². The van der Waals surface area contributed by atoms with Crippen molar-refractivity contribution >= 4 is 0 Å². The molecule has 14 heavy (non-hydrogen) atoms. The van der Waals surface area contributed by atoms with Crippen molar-refractivity contribution in [2.24, 2.45) is 0 Å². The fraction of sp³-hybridized carbons (Fsp3) is 0.500. The summed E-state index contributed by atoms with van der Waals surface area (Å²) in [4.78, 5) is 4.15. The first-order valence-electron chi connectivity index (χ1n) is 4.66. The van der Waals surface area contributed by atoms with Gasteiger partial charge in [0, 0.05) is 12.6 Å². The highest BCUT2D eigenvalue weighted by Gasteiger charge is 2.34.